The molecule has 1 aliphatic heterocycles. The van der Waals surface area contributed by atoms with Crippen LogP contribution in [0.3, 0.4) is 0 Å². The summed E-state index contributed by atoms with van der Waals surface area (Å²) in [5, 5.41) is 4.53. The van der Waals surface area contributed by atoms with Gasteiger partial charge < -0.3 is 10.1 Å². The molecule has 2 aromatic heterocycles. The van der Waals surface area contributed by atoms with E-state index in [4.69, 9.17) is 4.74 Å². The second-order valence-electron chi connectivity index (χ2n) is 11.1. The van der Waals surface area contributed by atoms with Crippen LogP contribution in [0, 0.1) is 11.3 Å². The summed E-state index contributed by atoms with van der Waals surface area (Å²) in [6.45, 7) is 3.03. The van der Waals surface area contributed by atoms with E-state index in [-0.39, 0.29) is 11.9 Å². The van der Waals surface area contributed by atoms with E-state index in [1.807, 2.05) is 30.3 Å². The maximum absolute atomic E-state index is 13.1. The first-order valence-electron chi connectivity index (χ1n) is 13.1. The number of carbonyl (C=O) groups is 1. The van der Waals surface area contributed by atoms with Gasteiger partial charge in [0.2, 0.25) is 0 Å². The number of hydrogen-bond acceptors (Lipinski definition) is 6. The Kier molecular flexibility index (Phi) is 6.39. The maximum atomic E-state index is 13.1. The molecule has 3 aromatic rings. The number of amides is 1. The van der Waals surface area contributed by atoms with Crippen LogP contribution in [0.5, 0.6) is 5.19 Å². The van der Waals surface area contributed by atoms with Crippen LogP contribution < -0.4 is 10.1 Å². The minimum atomic E-state index is -2.85. The summed E-state index contributed by atoms with van der Waals surface area (Å²) in [6, 6.07) is 9.74. The van der Waals surface area contributed by atoms with Gasteiger partial charge in [0, 0.05) is 54.6 Å². The van der Waals surface area contributed by atoms with Crippen molar-refractivity contribution in [3.8, 4) is 5.19 Å². The molecule has 6 nitrogen and oxygen atoms in total. The molecule has 2 saturated carbocycles. The molecule has 1 N–H and O–H groups in total. The Morgan fingerprint density at radius 1 is 1.27 bits per heavy atom. The monoisotopic (exact) mass is 526 g/mol. The molecule has 6 rings (SSSR count). The zero-order chi connectivity index (χ0) is 25.6. The number of nitrogens with zero attached hydrogens (tertiary/aromatic N) is 3. The van der Waals surface area contributed by atoms with Crippen LogP contribution in [0.4, 0.5) is 8.78 Å². The number of aromatic nitrogens is 2. The molecule has 37 heavy (non-hydrogen) atoms. The summed E-state index contributed by atoms with van der Waals surface area (Å²) in [5.74, 6) is -2.18. The highest BCUT2D eigenvalue weighted by Gasteiger charge is 2.55. The zero-order valence-electron chi connectivity index (χ0n) is 21.0. The Morgan fingerprint density at radius 3 is 2.92 bits per heavy atom. The van der Waals surface area contributed by atoms with Gasteiger partial charge in [-0.25, -0.2) is 13.8 Å². The van der Waals surface area contributed by atoms with Crippen molar-refractivity contribution in [2.45, 2.75) is 64.0 Å². The first kappa shape index (κ1) is 24.7. The Labute approximate surface area is 219 Å². The number of nitrogens with one attached hydrogen (secondary N) is 1. The third-order valence-electron chi connectivity index (χ3n) is 8.28. The SMILES string of the molecule is CC(F)(F)COc1nc2c(s1)CCN(C[C@@H]1C[C@]13CC[C@@H](NC(=O)c1cccc4ncccc14)CC3)C2. The van der Waals surface area contributed by atoms with E-state index in [0.29, 0.717) is 22.1 Å². The van der Waals surface area contributed by atoms with Crippen LogP contribution in [0.2, 0.25) is 0 Å². The summed E-state index contributed by atoms with van der Waals surface area (Å²) in [5.41, 5.74) is 2.93. The summed E-state index contributed by atoms with van der Waals surface area (Å²) < 4.78 is 31.5. The molecule has 2 fully saturated rings. The quantitative estimate of drug-likeness (QED) is 0.443. The van der Waals surface area contributed by atoms with Gasteiger partial charge in [-0.15, -0.1) is 0 Å². The molecular weight excluding hydrogens is 494 g/mol. The van der Waals surface area contributed by atoms with E-state index in [9.17, 15) is 13.6 Å². The highest BCUT2D eigenvalue weighted by atomic mass is 32.1. The molecule has 0 saturated heterocycles. The molecule has 1 aromatic carbocycles. The third-order valence-corrected chi connectivity index (χ3v) is 9.35. The first-order chi connectivity index (χ1) is 17.8. The summed E-state index contributed by atoms with van der Waals surface area (Å²) in [6.07, 6.45) is 8.24. The van der Waals surface area contributed by atoms with Crippen molar-refractivity contribution >= 4 is 28.1 Å². The highest BCUT2D eigenvalue weighted by molar-refractivity contribution is 7.13. The number of ether oxygens (including phenoxy) is 1. The predicted molar refractivity (Wildman–Crippen MR) is 139 cm³/mol. The predicted octanol–water partition coefficient (Wildman–Crippen LogP) is 5.46. The molecule has 0 unspecified atom stereocenters. The lowest BCUT2D eigenvalue weighted by molar-refractivity contribution is -0.0230. The second kappa shape index (κ2) is 9.58. The third kappa shape index (κ3) is 5.34. The van der Waals surface area contributed by atoms with Crippen molar-refractivity contribution in [3.05, 3.63) is 52.7 Å². The Hall–Kier alpha value is -2.65. The van der Waals surface area contributed by atoms with Gasteiger partial charge in [0.05, 0.1) is 11.2 Å². The number of pyridine rings is 1. The Morgan fingerprint density at radius 2 is 2.11 bits per heavy atom. The summed E-state index contributed by atoms with van der Waals surface area (Å²) in [4.78, 5) is 25.5. The van der Waals surface area contributed by atoms with Crippen molar-refractivity contribution in [1.82, 2.24) is 20.2 Å². The van der Waals surface area contributed by atoms with E-state index >= 15 is 0 Å². The molecule has 3 heterocycles. The normalized spacial score (nSPS) is 25.7. The number of alkyl halides is 2. The van der Waals surface area contributed by atoms with E-state index in [0.717, 1.165) is 80.1 Å². The summed E-state index contributed by atoms with van der Waals surface area (Å²) >= 11 is 1.41. The van der Waals surface area contributed by atoms with Crippen molar-refractivity contribution < 1.29 is 18.3 Å². The average Bonchev–Trinajstić information content (AvgIpc) is 3.35. The number of benzene rings is 1. The lowest BCUT2D eigenvalue weighted by Gasteiger charge is -2.32. The molecule has 196 valence electrons. The number of hydrogen-bond donors (Lipinski definition) is 1. The van der Waals surface area contributed by atoms with Gasteiger partial charge in [0.15, 0.2) is 6.61 Å². The van der Waals surface area contributed by atoms with E-state index in [1.54, 1.807) is 6.20 Å². The van der Waals surface area contributed by atoms with Crippen molar-refractivity contribution in [1.29, 1.82) is 0 Å². The standard InChI is InChI=1S/C28H32F2N4O2S/c1-27(29,30)17-36-26-33-23-16-34(13-9-24(23)37-26)15-18-14-28(18)10-7-19(8-11-28)32-25(35)21-4-2-6-22-20(21)5-3-12-31-22/h2-6,12,18-19H,7-11,13-17H2,1H3,(H,32,35)/t18-,19-,28-/m0/s1. The fourth-order valence-corrected chi connectivity index (χ4v) is 7.06. The van der Waals surface area contributed by atoms with Crippen molar-refractivity contribution in [2.24, 2.45) is 11.3 Å². The topological polar surface area (TPSA) is 67.3 Å². The molecule has 3 aliphatic rings. The van der Waals surface area contributed by atoms with Crippen LogP contribution in [-0.4, -0.2) is 52.4 Å². The fourth-order valence-electron chi connectivity index (χ4n) is 6.15. The molecule has 1 spiro atoms. The Balaban J connectivity index is 0.991. The molecular formula is C28H32F2N4O2S. The largest absolute Gasteiger partial charge is 0.464 e. The number of halogens is 2. The molecule has 2 aliphatic carbocycles. The van der Waals surface area contributed by atoms with Gasteiger partial charge in [0.25, 0.3) is 17.0 Å². The average molecular weight is 527 g/mol. The van der Waals surface area contributed by atoms with E-state index in [2.05, 4.69) is 20.2 Å². The first-order valence-corrected chi connectivity index (χ1v) is 14.0. The Bertz CT molecular complexity index is 1290. The zero-order valence-corrected chi connectivity index (χ0v) is 21.8. The number of thiazole rings is 1. The molecule has 9 heteroatoms. The van der Waals surface area contributed by atoms with Crippen LogP contribution in [0.25, 0.3) is 10.9 Å². The van der Waals surface area contributed by atoms with E-state index in [1.165, 1.54) is 17.8 Å². The highest BCUT2D eigenvalue weighted by Crippen LogP contribution is 2.61. The van der Waals surface area contributed by atoms with Gasteiger partial charge in [0.1, 0.15) is 0 Å². The lowest BCUT2D eigenvalue weighted by atomic mass is 9.81. The number of carbonyl (C=O) groups excluding carboxylic acids is 1. The molecule has 0 bridgehead atoms. The van der Waals surface area contributed by atoms with Crippen molar-refractivity contribution in [3.63, 3.8) is 0 Å². The van der Waals surface area contributed by atoms with Gasteiger partial charge >= 0.3 is 0 Å². The van der Waals surface area contributed by atoms with Gasteiger partial charge in [-0.3, -0.25) is 14.7 Å². The van der Waals surface area contributed by atoms with Gasteiger partial charge in [-0.2, -0.15) is 0 Å². The number of fused-ring (bicyclic) bond motifs is 2. The van der Waals surface area contributed by atoms with Crippen molar-refractivity contribution in [2.75, 3.05) is 19.7 Å². The molecule has 1 atom stereocenters. The molecule has 0 radical (unpaired) electrons. The maximum Gasteiger partial charge on any atom is 0.278 e. The van der Waals surface area contributed by atoms with Crippen LogP contribution in [0.1, 0.15) is 60.0 Å². The van der Waals surface area contributed by atoms with E-state index < -0.39 is 12.5 Å². The van der Waals surface area contributed by atoms with Crippen LogP contribution >= 0.6 is 11.3 Å². The van der Waals surface area contributed by atoms with Crippen LogP contribution in [0.15, 0.2) is 36.5 Å². The minimum Gasteiger partial charge on any atom is -0.464 e. The second-order valence-corrected chi connectivity index (χ2v) is 12.1. The van der Waals surface area contributed by atoms with Gasteiger partial charge in [-0.1, -0.05) is 23.5 Å². The van der Waals surface area contributed by atoms with Crippen LogP contribution in [-0.2, 0) is 13.0 Å². The minimum absolute atomic E-state index is 0.00899. The summed E-state index contributed by atoms with van der Waals surface area (Å²) in [7, 11) is 0. The lowest BCUT2D eigenvalue weighted by Crippen LogP contribution is -2.39. The van der Waals surface area contributed by atoms with Gasteiger partial charge in [-0.05, 0) is 68.1 Å². The fraction of sp³-hybridized carbons (Fsp3) is 0.536. The molecule has 1 amide bonds. The smallest absolute Gasteiger partial charge is 0.278 e. The number of rotatable bonds is 7.